The molecule has 0 spiro atoms. The average Bonchev–Trinajstić information content (AvgIpc) is 3.20. The number of hydrogen-bond donors (Lipinski definition) is 1. The Hall–Kier alpha value is -0.610. The molecular formula is C16H32N2O2. The number of nitrogens with zero attached hydrogens (tertiary/aromatic N) is 1. The van der Waals surface area contributed by atoms with Gasteiger partial charge in [-0.25, -0.2) is 0 Å². The summed E-state index contributed by atoms with van der Waals surface area (Å²) in [6, 6.07) is 0.583. The zero-order valence-corrected chi connectivity index (χ0v) is 13.9. The predicted molar refractivity (Wildman–Crippen MR) is 82.8 cm³/mol. The molecule has 0 aromatic heterocycles. The number of rotatable bonds is 10. The van der Waals surface area contributed by atoms with Crippen LogP contribution < -0.4 is 5.32 Å². The van der Waals surface area contributed by atoms with E-state index in [-0.39, 0.29) is 5.97 Å². The van der Waals surface area contributed by atoms with Gasteiger partial charge in [-0.3, -0.25) is 4.79 Å². The minimum absolute atomic E-state index is 0.155. The monoisotopic (exact) mass is 284 g/mol. The van der Waals surface area contributed by atoms with E-state index in [2.05, 4.69) is 24.1 Å². The smallest absolute Gasteiger partial charge is 0.325 e. The highest BCUT2D eigenvalue weighted by Crippen LogP contribution is 2.30. The average molecular weight is 284 g/mol. The summed E-state index contributed by atoms with van der Waals surface area (Å²) in [5.41, 5.74) is -0.550. The highest BCUT2D eigenvalue weighted by atomic mass is 16.5. The van der Waals surface area contributed by atoms with Gasteiger partial charge in [0.15, 0.2) is 0 Å². The molecule has 1 N–H and O–H groups in total. The van der Waals surface area contributed by atoms with Crippen molar-refractivity contribution >= 4 is 5.97 Å². The van der Waals surface area contributed by atoms with Crippen LogP contribution in [0, 0.1) is 5.92 Å². The molecular weight excluding hydrogens is 252 g/mol. The van der Waals surface area contributed by atoms with Crippen LogP contribution in [0.25, 0.3) is 0 Å². The number of carbonyl (C=O) groups is 1. The molecule has 4 heteroatoms. The Kier molecular flexibility index (Phi) is 6.96. The van der Waals surface area contributed by atoms with Gasteiger partial charge >= 0.3 is 5.97 Å². The Morgan fingerprint density at radius 3 is 2.55 bits per heavy atom. The molecule has 1 aliphatic rings. The molecule has 1 unspecified atom stereocenters. The lowest BCUT2D eigenvalue weighted by Crippen LogP contribution is -2.50. The first-order chi connectivity index (χ1) is 9.42. The van der Waals surface area contributed by atoms with Crippen LogP contribution in [-0.4, -0.2) is 49.2 Å². The Balaban J connectivity index is 2.42. The van der Waals surface area contributed by atoms with Gasteiger partial charge in [-0.05, 0) is 65.5 Å². The van der Waals surface area contributed by atoms with Gasteiger partial charge in [0, 0.05) is 12.6 Å². The van der Waals surface area contributed by atoms with E-state index in [0.29, 0.717) is 6.04 Å². The van der Waals surface area contributed by atoms with Gasteiger partial charge in [-0.15, -0.1) is 0 Å². The molecule has 0 heterocycles. The lowest BCUT2D eigenvalue weighted by atomic mass is 9.95. The second kappa shape index (κ2) is 7.99. The fourth-order valence-corrected chi connectivity index (χ4v) is 2.71. The largest absolute Gasteiger partial charge is 0.468 e. The van der Waals surface area contributed by atoms with Gasteiger partial charge in [0.2, 0.25) is 0 Å². The number of methoxy groups -OCH3 is 1. The van der Waals surface area contributed by atoms with Crippen LogP contribution in [0.4, 0.5) is 0 Å². The maximum absolute atomic E-state index is 11.9. The molecule has 0 radical (unpaired) electrons. The fraction of sp³-hybridized carbons (Fsp3) is 0.938. The van der Waals surface area contributed by atoms with Crippen LogP contribution in [0.5, 0.6) is 0 Å². The highest BCUT2D eigenvalue weighted by molar-refractivity contribution is 5.80. The van der Waals surface area contributed by atoms with E-state index in [9.17, 15) is 4.79 Å². The summed E-state index contributed by atoms with van der Waals surface area (Å²) in [6.07, 6.45) is 4.62. The third-order valence-electron chi connectivity index (χ3n) is 4.24. The van der Waals surface area contributed by atoms with Crippen molar-refractivity contribution in [3.63, 3.8) is 0 Å². The molecule has 1 fully saturated rings. The van der Waals surface area contributed by atoms with Crippen molar-refractivity contribution in [1.29, 1.82) is 0 Å². The van der Waals surface area contributed by atoms with Crippen molar-refractivity contribution in [2.45, 2.75) is 65.0 Å². The Labute approximate surface area is 124 Å². The minimum atomic E-state index is -0.550. The van der Waals surface area contributed by atoms with Crippen molar-refractivity contribution in [2.24, 2.45) is 5.92 Å². The van der Waals surface area contributed by atoms with Gasteiger partial charge in [0.25, 0.3) is 0 Å². The standard InChI is InChI=1S/C16H32N2O2/c1-6-17-16(4,15(19)20-5)10-7-11-18(13(2)3)12-14-8-9-14/h13-14,17H,6-12H2,1-5H3. The minimum Gasteiger partial charge on any atom is -0.468 e. The van der Waals surface area contributed by atoms with E-state index in [1.165, 1.54) is 26.5 Å². The SMILES string of the molecule is CCNC(C)(CCCN(CC1CC1)C(C)C)C(=O)OC. The third-order valence-corrected chi connectivity index (χ3v) is 4.24. The molecule has 1 aliphatic carbocycles. The third kappa shape index (κ3) is 5.41. The number of ether oxygens (including phenoxy) is 1. The molecule has 20 heavy (non-hydrogen) atoms. The Bertz CT molecular complexity index is 303. The summed E-state index contributed by atoms with van der Waals surface area (Å²) in [4.78, 5) is 14.5. The first-order valence-corrected chi connectivity index (χ1v) is 8.00. The number of esters is 1. The Morgan fingerprint density at radius 1 is 1.45 bits per heavy atom. The molecule has 118 valence electrons. The summed E-state index contributed by atoms with van der Waals surface area (Å²) < 4.78 is 4.93. The van der Waals surface area contributed by atoms with Gasteiger partial charge in [0.1, 0.15) is 5.54 Å². The van der Waals surface area contributed by atoms with Gasteiger partial charge < -0.3 is 15.0 Å². The lowest BCUT2D eigenvalue weighted by molar-refractivity contribution is -0.148. The van der Waals surface area contributed by atoms with Crippen molar-refractivity contribution < 1.29 is 9.53 Å². The number of likely N-dealkylation sites (N-methyl/N-ethyl adjacent to an activating group) is 1. The Morgan fingerprint density at radius 2 is 2.10 bits per heavy atom. The van der Waals surface area contributed by atoms with Gasteiger partial charge in [-0.2, -0.15) is 0 Å². The summed E-state index contributed by atoms with van der Waals surface area (Å²) in [6.45, 7) is 11.5. The number of hydrogen-bond acceptors (Lipinski definition) is 4. The van der Waals surface area contributed by atoms with Crippen LogP contribution in [0.3, 0.4) is 0 Å². The number of carbonyl (C=O) groups excluding carboxylic acids is 1. The van der Waals surface area contributed by atoms with Crippen LogP contribution in [0.1, 0.15) is 53.4 Å². The quantitative estimate of drug-likeness (QED) is 0.626. The topological polar surface area (TPSA) is 41.6 Å². The highest BCUT2D eigenvalue weighted by Gasteiger charge is 2.33. The van der Waals surface area contributed by atoms with E-state index in [0.717, 1.165) is 31.8 Å². The van der Waals surface area contributed by atoms with E-state index >= 15 is 0 Å². The predicted octanol–water partition coefficient (Wildman–Crippen LogP) is 2.43. The first kappa shape index (κ1) is 17.4. The fourth-order valence-electron chi connectivity index (χ4n) is 2.71. The van der Waals surface area contributed by atoms with Crippen molar-refractivity contribution in [3.8, 4) is 0 Å². The van der Waals surface area contributed by atoms with Crippen LogP contribution in [0.2, 0.25) is 0 Å². The zero-order valence-electron chi connectivity index (χ0n) is 13.9. The zero-order chi connectivity index (χ0) is 15.2. The molecule has 4 nitrogen and oxygen atoms in total. The van der Waals surface area contributed by atoms with E-state index in [1.807, 2.05) is 13.8 Å². The second-order valence-corrected chi connectivity index (χ2v) is 6.49. The maximum Gasteiger partial charge on any atom is 0.325 e. The molecule has 0 amide bonds. The molecule has 1 rings (SSSR count). The van der Waals surface area contributed by atoms with Crippen molar-refractivity contribution in [3.05, 3.63) is 0 Å². The first-order valence-electron chi connectivity index (χ1n) is 8.00. The van der Waals surface area contributed by atoms with E-state index in [4.69, 9.17) is 4.74 Å². The van der Waals surface area contributed by atoms with Crippen LogP contribution in [0.15, 0.2) is 0 Å². The van der Waals surface area contributed by atoms with E-state index in [1.54, 1.807) is 0 Å². The molecule has 1 saturated carbocycles. The summed E-state index contributed by atoms with van der Waals surface area (Å²) >= 11 is 0. The van der Waals surface area contributed by atoms with Crippen molar-refractivity contribution in [2.75, 3.05) is 26.7 Å². The maximum atomic E-state index is 11.9. The molecule has 0 aromatic carbocycles. The normalized spacial score (nSPS) is 18.4. The molecule has 0 bridgehead atoms. The molecule has 0 aliphatic heterocycles. The summed E-state index contributed by atoms with van der Waals surface area (Å²) in [5, 5.41) is 3.27. The second-order valence-electron chi connectivity index (χ2n) is 6.49. The molecule has 0 saturated heterocycles. The van der Waals surface area contributed by atoms with Crippen LogP contribution in [-0.2, 0) is 9.53 Å². The molecule has 0 aromatic rings. The lowest BCUT2D eigenvalue weighted by Gasteiger charge is -2.30. The molecule has 1 atom stereocenters. The van der Waals surface area contributed by atoms with Gasteiger partial charge in [0.05, 0.1) is 7.11 Å². The van der Waals surface area contributed by atoms with Crippen molar-refractivity contribution in [1.82, 2.24) is 10.2 Å². The number of nitrogens with one attached hydrogen (secondary N) is 1. The van der Waals surface area contributed by atoms with E-state index < -0.39 is 5.54 Å². The van der Waals surface area contributed by atoms with Gasteiger partial charge in [-0.1, -0.05) is 6.92 Å². The van der Waals surface area contributed by atoms with Crippen LogP contribution >= 0.6 is 0 Å². The summed E-state index contributed by atoms with van der Waals surface area (Å²) in [7, 11) is 1.46. The summed E-state index contributed by atoms with van der Waals surface area (Å²) in [5.74, 6) is 0.760.